The van der Waals surface area contributed by atoms with Crippen molar-refractivity contribution >= 4 is 40.4 Å². The maximum Gasteiger partial charge on any atom is 0.374 e. The van der Waals surface area contributed by atoms with E-state index in [1.807, 2.05) is 0 Å². The number of carbonyl (C=O) groups is 3. The minimum absolute atomic E-state index is 0.155. The van der Waals surface area contributed by atoms with Crippen LogP contribution < -0.4 is 10.7 Å². The number of hydrogen-bond donors (Lipinski definition) is 1. The molecule has 0 aliphatic carbocycles. The van der Waals surface area contributed by atoms with Crippen molar-refractivity contribution in [1.29, 1.82) is 0 Å². The molecule has 1 aromatic heterocycles. The van der Waals surface area contributed by atoms with Crippen molar-refractivity contribution in [3.05, 3.63) is 81.2 Å². The van der Waals surface area contributed by atoms with Crippen LogP contribution in [0.4, 0.5) is 0 Å². The first kappa shape index (κ1) is 18.3. The van der Waals surface area contributed by atoms with E-state index in [0.717, 1.165) is 6.07 Å². The number of rotatable bonds is 4. The van der Waals surface area contributed by atoms with Gasteiger partial charge in [-0.3, -0.25) is 19.7 Å². The van der Waals surface area contributed by atoms with Gasteiger partial charge < -0.3 is 9.15 Å². The Morgan fingerprint density at radius 3 is 2.52 bits per heavy atom. The van der Waals surface area contributed by atoms with Gasteiger partial charge in [0.15, 0.2) is 12.0 Å². The molecule has 0 radical (unpaired) electrons. The predicted octanol–water partition coefficient (Wildman–Crippen LogP) is 2.56. The minimum Gasteiger partial charge on any atom is -0.450 e. The SMILES string of the molecule is O=C(COC(=O)c1cc(=O)c2cc(Cl)ccc2o1)NC(=O)c1ccccc1. The van der Waals surface area contributed by atoms with Crippen LogP contribution in [0.5, 0.6) is 0 Å². The highest BCUT2D eigenvalue weighted by Gasteiger charge is 2.17. The van der Waals surface area contributed by atoms with Gasteiger partial charge in [-0.1, -0.05) is 29.8 Å². The summed E-state index contributed by atoms with van der Waals surface area (Å²) in [5.41, 5.74) is -0.0340. The van der Waals surface area contributed by atoms with E-state index in [0.29, 0.717) is 5.02 Å². The van der Waals surface area contributed by atoms with E-state index in [-0.39, 0.29) is 22.3 Å². The number of fused-ring (bicyclic) bond motifs is 1. The van der Waals surface area contributed by atoms with E-state index in [2.05, 4.69) is 5.32 Å². The summed E-state index contributed by atoms with van der Waals surface area (Å²) >= 11 is 5.82. The highest BCUT2D eigenvalue weighted by Crippen LogP contribution is 2.18. The number of carbonyl (C=O) groups excluding carboxylic acids is 3. The van der Waals surface area contributed by atoms with Crippen LogP contribution in [0.1, 0.15) is 20.9 Å². The molecule has 7 nitrogen and oxygen atoms in total. The first-order chi connectivity index (χ1) is 12.9. The van der Waals surface area contributed by atoms with Crippen LogP contribution in [0.25, 0.3) is 11.0 Å². The van der Waals surface area contributed by atoms with Gasteiger partial charge in [0.1, 0.15) is 5.58 Å². The monoisotopic (exact) mass is 385 g/mol. The lowest BCUT2D eigenvalue weighted by Gasteiger charge is -2.06. The summed E-state index contributed by atoms with van der Waals surface area (Å²) in [7, 11) is 0. The molecule has 3 rings (SSSR count). The van der Waals surface area contributed by atoms with E-state index in [9.17, 15) is 19.2 Å². The van der Waals surface area contributed by atoms with Gasteiger partial charge in [-0.05, 0) is 30.3 Å². The lowest BCUT2D eigenvalue weighted by atomic mass is 10.2. The minimum atomic E-state index is -1.01. The van der Waals surface area contributed by atoms with Crippen LogP contribution in [0.3, 0.4) is 0 Å². The van der Waals surface area contributed by atoms with E-state index in [1.54, 1.807) is 18.2 Å². The topological polar surface area (TPSA) is 103 Å². The fourth-order valence-electron chi connectivity index (χ4n) is 2.26. The van der Waals surface area contributed by atoms with Crippen LogP contribution in [0.2, 0.25) is 5.02 Å². The summed E-state index contributed by atoms with van der Waals surface area (Å²) in [4.78, 5) is 47.7. The highest BCUT2D eigenvalue weighted by atomic mass is 35.5. The summed E-state index contributed by atoms with van der Waals surface area (Å²) in [6.45, 7) is -0.709. The number of esters is 1. The molecule has 3 aromatic rings. The molecule has 0 spiro atoms. The third kappa shape index (κ3) is 4.39. The zero-order valence-corrected chi connectivity index (χ0v) is 14.5. The number of hydrogen-bond acceptors (Lipinski definition) is 6. The predicted molar refractivity (Wildman–Crippen MR) is 96.7 cm³/mol. The molecule has 0 saturated heterocycles. The van der Waals surface area contributed by atoms with Gasteiger partial charge in [0, 0.05) is 16.7 Å². The van der Waals surface area contributed by atoms with Crippen molar-refractivity contribution in [3.8, 4) is 0 Å². The molecular formula is C19H12ClNO6. The average molecular weight is 386 g/mol. The zero-order chi connectivity index (χ0) is 19.4. The molecule has 1 N–H and O–H groups in total. The molecule has 0 aliphatic rings. The second-order valence-corrected chi connectivity index (χ2v) is 5.87. The maximum atomic E-state index is 12.0. The van der Waals surface area contributed by atoms with Crippen molar-refractivity contribution < 1.29 is 23.5 Å². The van der Waals surface area contributed by atoms with Gasteiger partial charge >= 0.3 is 5.97 Å². The Morgan fingerprint density at radius 1 is 1.04 bits per heavy atom. The lowest BCUT2D eigenvalue weighted by molar-refractivity contribution is -0.123. The molecule has 0 atom stereocenters. The summed E-state index contributed by atoms with van der Waals surface area (Å²) in [5, 5.41) is 2.65. The van der Waals surface area contributed by atoms with Gasteiger partial charge in [0.05, 0.1) is 5.39 Å². The molecule has 0 fully saturated rings. The van der Waals surface area contributed by atoms with Crippen molar-refractivity contribution in [2.45, 2.75) is 0 Å². The molecule has 2 aromatic carbocycles. The van der Waals surface area contributed by atoms with Crippen LogP contribution >= 0.6 is 11.6 Å². The molecular weight excluding hydrogens is 374 g/mol. The lowest BCUT2D eigenvalue weighted by Crippen LogP contribution is -2.34. The van der Waals surface area contributed by atoms with Gasteiger partial charge in [-0.15, -0.1) is 0 Å². The summed E-state index contributed by atoms with van der Waals surface area (Å²) in [6, 6.07) is 13.4. The number of ether oxygens (including phenoxy) is 1. The zero-order valence-electron chi connectivity index (χ0n) is 13.7. The smallest absolute Gasteiger partial charge is 0.374 e. The van der Waals surface area contributed by atoms with Crippen LogP contribution in [-0.2, 0) is 9.53 Å². The van der Waals surface area contributed by atoms with E-state index < -0.39 is 29.8 Å². The Kier molecular flexibility index (Phi) is 5.33. The van der Waals surface area contributed by atoms with Gasteiger partial charge in [-0.2, -0.15) is 0 Å². The number of amides is 2. The Morgan fingerprint density at radius 2 is 1.78 bits per heavy atom. The van der Waals surface area contributed by atoms with Crippen molar-refractivity contribution in [2.75, 3.05) is 6.61 Å². The molecule has 0 bridgehead atoms. The maximum absolute atomic E-state index is 12.0. The van der Waals surface area contributed by atoms with E-state index >= 15 is 0 Å². The molecule has 0 aliphatic heterocycles. The van der Waals surface area contributed by atoms with Gasteiger partial charge in [0.25, 0.3) is 11.8 Å². The fourth-order valence-corrected chi connectivity index (χ4v) is 2.43. The summed E-state index contributed by atoms with van der Waals surface area (Å²) in [5.74, 6) is -2.80. The van der Waals surface area contributed by atoms with Gasteiger partial charge in [-0.25, -0.2) is 4.79 Å². The molecule has 0 saturated carbocycles. The second kappa shape index (κ2) is 7.84. The molecule has 0 unspecified atom stereocenters. The Bertz CT molecular complexity index is 1090. The quantitative estimate of drug-likeness (QED) is 0.692. The van der Waals surface area contributed by atoms with Crippen LogP contribution in [0.15, 0.2) is 63.8 Å². The number of imide groups is 1. The Labute approximate surface area is 157 Å². The summed E-state index contributed by atoms with van der Waals surface area (Å²) < 4.78 is 10.1. The standard InChI is InChI=1S/C19H12ClNO6/c20-12-6-7-15-13(8-12)14(22)9-16(27-15)19(25)26-10-17(23)21-18(24)11-4-2-1-3-5-11/h1-9H,10H2,(H,21,23,24). The largest absolute Gasteiger partial charge is 0.450 e. The molecule has 8 heteroatoms. The third-order valence-corrected chi connectivity index (χ3v) is 3.75. The third-order valence-electron chi connectivity index (χ3n) is 3.51. The van der Waals surface area contributed by atoms with Crippen LogP contribution in [-0.4, -0.2) is 24.4 Å². The average Bonchev–Trinajstić information content (AvgIpc) is 2.67. The Balaban J connectivity index is 1.64. The molecule has 136 valence electrons. The van der Waals surface area contributed by atoms with Crippen molar-refractivity contribution in [3.63, 3.8) is 0 Å². The van der Waals surface area contributed by atoms with E-state index in [4.69, 9.17) is 20.8 Å². The second-order valence-electron chi connectivity index (χ2n) is 5.43. The molecule has 2 amide bonds. The van der Waals surface area contributed by atoms with E-state index in [1.165, 1.54) is 30.3 Å². The number of halogens is 1. The fraction of sp³-hybridized carbons (Fsp3) is 0.0526. The number of nitrogens with one attached hydrogen (secondary N) is 1. The first-order valence-electron chi connectivity index (χ1n) is 7.74. The van der Waals surface area contributed by atoms with Crippen molar-refractivity contribution in [1.82, 2.24) is 5.32 Å². The normalized spacial score (nSPS) is 10.4. The van der Waals surface area contributed by atoms with Gasteiger partial charge in [0.2, 0.25) is 5.76 Å². The highest BCUT2D eigenvalue weighted by molar-refractivity contribution is 6.31. The Hall–Kier alpha value is -3.45. The van der Waals surface area contributed by atoms with Crippen LogP contribution in [0, 0.1) is 0 Å². The first-order valence-corrected chi connectivity index (χ1v) is 8.11. The molecule has 27 heavy (non-hydrogen) atoms. The molecule has 1 heterocycles. The van der Waals surface area contributed by atoms with Crippen molar-refractivity contribution in [2.24, 2.45) is 0 Å². The summed E-state index contributed by atoms with van der Waals surface area (Å²) in [6.07, 6.45) is 0. The number of benzene rings is 2.